The maximum absolute atomic E-state index is 13.9. The van der Waals surface area contributed by atoms with Gasteiger partial charge in [0.05, 0.1) is 10.0 Å². The van der Waals surface area contributed by atoms with Gasteiger partial charge < -0.3 is 9.52 Å². The maximum atomic E-state index is 13.9. The molecule has 102 valence electrons. The van der Waals surface area contributed by atoms with Gasteiger partial charge in [-0.25, -0.2) is 4.39 Å². The first-order valence-corrected chi connectivity index (χ1v) is 6.63. The van der Waals surface area contributed by atoms with Crippen molar-refractivity contribution < 1.29 is 13.9 Å². The second-order valence-electron chi connectivity index (χ2n) is 4.35. The van der Waals surface area contributed by atoms with Crippen LogP contribution in [0.3, 0.4) is 0 Å². The van der Waals surface area contributed by atoms with E-state index in [2.05, 4.69) is 0 Å². The summed E-state index contributed by atoms with van der Waals surface area (Å²) in [7, 11) is 0. The SMILES string of the molecule is OC(c1cc2cccc(Cl)c2o1)c1cccc(Cl)c1F. The van der Waals surface area contributed by atoms with Gasteiger partial charge in [-0.3, -0.25) is 0 Å². The van der Waals surface area contributed by atoms with E-state index in [1.54, 1.807) is 30.3 Å². The molecule has 1 unspecified atom stereocenters. The van der Waals surface area contributed by atoms with Crippen LogP contribution in [-0.2, 0) is 0 Å². The Morgan fingerprint density at radius 3 is 2.50 bits per heavy atom. The van der Waals surface area contributed by atoms with E-state index in [1.165, 1.54) is 12.1 Å². The quantitative estimate of drug-likeness (QED) is 0.725. The van der Waals surface area contributed by atoms with Crippen molar-refractivity contribution in [2.75, 3.05) is 0 Å². The van der Waals surface area contributed by atoms with Gasteiger partial charge in [-0.15, -0.1) is 0 Å². The van der Waals surface area contributed by atoms with Crippen molar-refractivity contribution in [2.45, 2.75) is 6.10 Å². The maximum Gasteiger partial charge on any atom is 0.153 e. The number of aliphatic hydroxyl groups is 1. The average molecular weight is 311 g/mol. The zero-order valence-electron chi connectivity index (χ0n) is 10.1. The Balaban J connectivity index is 2.10. The lowest BCUT2D eigenvalue weighted by Gasteiger charge is -2.09. The third-order valence-electron chi connectivity index (χ3n) is 3.06. The number of benzene rings is 2. The minimum Gasteiger partial charge on any atom is -0.456 e. The van der Waals surface area contributed by atoms with Crippen LogP contribution in [0.5, 0.6) is 0 Å². The number of furan rings is 1. The van der Waals surface area contributed by atoms with Gasteiger partial charge in [-0.2, -0.15) is 0 Å². The molecule has 0 bridgehead atoms. The molecule has 2 aromatic carbocycles. The van der Waals surface area contributed by atoms with Crippen molar-refractivity contribution in [1.82, 2.24) is 0 Å². The summed E-state index contributed by atoms with van der Waals surface area (Å²) in [5.74, 6) is -0.442. The Morgan fingerprint density at radius 2 is 1.75 bits per heavy atom. The summed E-state index contributed by atoms with van der Waals surface area (Å²) in [6.45, 7) is 0. The van der Waals surface area contributed by atoms with Gasteiger partial charge in [0.1, 0.15) is 17.7 Å². The standard InChI is InChI=1S/C15H9Cl2FO2/c16-10-5-2-4-9(13(10)18)14(19)12-7-8-3-1-6-11(17)15(8)20-12/h1-7,14,19H. The van der Waals surface area contributed by atoms with E-state index < -0.39 is 11.9 Å². The summed E-state index contributed by atoms with van der Waals surface area (Å²) >= 11 is 11.7. The van der Waals surface area contributed by atoms with Gasteiger partial charge in [0.25, 0.3) is 0 Å². The van der Waals surface area contributed by atoms with Crippen LogP contribution < -0.4 is 0 Å². The Bertz CT molecular complexity index is 783. The Morgan fingerprint density at radius 1 is 1.05 bits per heavy atom. The van der Waals surface area contributed by atoms with Crippen LogP contribution in [0.1, 0.15) is 17.4 Å². The number of fused-ring (bicyclic) bond motifs is 1. The van der Waals surface area contributed by atoms with Crippen molar-refractivity contribution in [1.29, 1.82) is 0 Å². The molecule has 5 heteroatoms. The average Bonchev–Trinajstić information content (AvgIpc) is 2.87. The molecule has 2 nitrogen and oxygen atoms in total. The molecule has 0 saturated carbocycles. The van der Waals surface area contributed by atoms with E-state index in [1.807, 2.05) is 0 Å². The first-order chi connectivity index (χ1) is 9.58. The monoisotopic (exact) mass is 310 g/mol. The van der Waals surface area contributed by atoms with Crippen molar-refractivity contribution in [3.8, 4) is 0 Å². The molecule has 0 fully saturated rings. The van der Waals surface area contributed by atoms with E-state index in [9.17, 15) is 9.50 Å². The summed E-state index contributed by atoms with van der Waals surface area (Å²) in [6, 6.07) is 11.3. The predicted octanol–water partition coefficient (Wildman–Crippen LogP) is 4.96. The van der Waals surface area contributed by atoms with E-state index in [0.29, 0.717) is 10.6 Å². The van der Waals surface area contributed by atoms with E-state index >= 15 is 0 Å². The van der Waals surface area contributed by atoms with Crippen LogP contribution in [-0.4, -0.2) is 5.11 Å². The molecule has 0 radical (unpaired) electrons. The van der Waals surface area contributed by atoms with Crippen LogP contribution in [0.25, 0.3) is 11.0 Å². The zero-order chi connectivity index (χ0) is 14.3. The fourth-order valence-electron chi connectivity index (χ4n) is 2.07. The molecule has 0 aliphatic carbocycles. The largest absolute Gasteiger partial charge is 0.456 e. The van der Waals surface area contributed by atoms with Crippen molar-refractivity contribution in [3.63, 3.8) is 0 Å². The lowest BCUT2D eigenvalue weighted by Crippen LogP contribution is -2.01. The summed E-state index contributed by atoms with van der Waals surface area (Å²) in [5.41, 5.74) is 0.526. The van der Waals surface area contributed by atoms with E-state index in [0.717, 1.165) is 5.39 Å². The third kappa shape index (κ3) is 2.18. The fraction of sp³-hybridized carbons (Fsp3) is 0.0667. The van der Waals surface area contributed by atoms with Gasteiger partial charge in [0, 0.05) is 10.9 Å². The molecule has 20 heavy (non-hydrogen) atoms. The van der Waals surface area contributed by atoms with E-state index in [-0.39, 0.29) is 16.3 Å². The van der Waals surface area contributed by atoms with Crippen LogP contribution in [0.4, 0.5) is 4.39 Å². The molecule has 0 spiro atoms. The highest BCUT2D eigenvalue weighted by Crippen LogP contribution is 2.33. The highest BCUT2D eigenvalue weighted by atomic mass is 35.5. The Hall–Kier alpha value is -1.55. The molecule has 0 amide bonds. The minimum absolute atomic E-state index is 0.0457. The molecule has 1 aromatic heterocycles. The van der Waals surface area contributed by atoms with Gasteiger partial charge in [0.2, 0.25) is 0 Å². The van der Waals surface area contributed by atoms with Crippen molar-refractivity contribution in [2.24, 2.45) is 0 Å². The molecule has 3 rings (SSSR count). The molecule has 1 atom stereocenters. The van der Waals surface area contributed by atoms with Crippen molar-refractivity contribution >= 4 is 34.2 Å². The van der Waals surface area contributed by atoms with Crippen LogP contribution in [0, 0.1) is 5.82 Å². The van der Waals surface area contributed by atoms with E-state index in [4.69, 9.17) is 27.6 Å². The number of hydrogen-bond donors (Lipinski definition) is 1. The number of halogens is 3. The number of aliphatic hydroxyl groups excluding tert-OH is 1. The number of hydrogen-bond acceptors (Lipinski definition) is 2. The molecular formula is C15H9Cl2FO2. The summed E-state index contributed by atoms with van der Waals surface area (Å²) in [4.78, 5) is 0. The molecule has 3 aromatic rings. The summed E-state index contributed by atoms with van der Waals surface area (Å²) < 4.78 is 19.4. The number of para-hydroxylation sites is 1. The molecule has 0 aliphatic heterocycles. The Labute approximate surface area is 124 Å². The van der Waals surface area contributed by atoms with Gasteiger partial charge >= 0.3 is 0 Å². The normalized spacial score (nSPS) is 12.8. The lowest BCUT2D eigenvalue weighted by atomic mass is 10.1. The first kappa shape index (κ1) is 13.4. The first-order valence-electron chi connectivity index (χ1n) is 5.88. The van der Waals surface area contributed by atoms with Gasteiger partial charge in [-0.1, -0.05) is 47.5 Å². The van der Waals surface area contributed by atoms with Crippen LogP contribution in [0.15, 0.2) is 46.9 Å². The smallest absolute Gasteiger partial charge is 0.153 e. The predicted molar refractivity (Wildman–Crippen MR) is 76.7 cm³/mol. The molecular weight excluding hydrogens is 302 g/mol. The highest BCUT2D eigenvalue weighted by molar-refractivity contribution is 6.34. The fourth-order valence-corrected chi connectivity index (χ4v) is 2.47. The molecule has 0 aliphatic rings. The van der Waals surface area contributed by atoms with Crippen molar-refractivity contribution in [3.05, 3.63) is 69.7 Å². The minimum atomic E-state index is -1.24. The molecule has 0 saturated heterocycles. The lowest BCUT2D eigenvalue weighted by molar-refractivity contribution is 0.187. The zero-order valence-corrected chi connectivity index (χ0v) is 11.6. The second-order valence-corrected chi connectivity index (χ2v) is 5.17. The van der Waals surface area contributed by atoms with Gasteiger partial charge in [0.15, 0.2) is 5.58 Å². The molecule has 1 N–H and O–H groups in total. The number of rotatable bonds is 2. The Kier molecular flexibility index (Phi) is 3.42. The van der Waals surface area contributed by atoms with Gasteiger partial charge in [-0.05, 0) is 18.2 Å². The van der Waals surface area contributed by atoms with Crippen LogP contribution in [0.2, 0.25) is 10.0 Å². The molecule has 1 heterocycles. The second kappa shape index (κ2) is 5.09. The topological polar surface area (TPSA) is 33.4 Å². The summed E-state index contributed by atoms with van der Waals surface area (Å²) in [6.07, 6.45) is -1.24. The highest BCUT2D eigenvalue weighted by Gasteiger charge is 2.21. The van der Waals surface area contributed by atoms with Crippen LogP contribution >= 0.6 is 23.2 Å². The third-order valence-corrected chi connectivity index (χ3v) is 3.65. The summed E-state index contributed by atoms with van der Waals surface area (Å²) in [5, 5.41) is 11.4.